The van der Waals surface area contributed by atoms with Crippen LogP contribution in [0.5, 0.6) is 5.75 Å². The lowest BCUT2D eigenvalue weighted by atomic mass is 9.49. The quantitative estimate of drug-likeness (QED) is 0.201. The SMILES string of the molecule is CC1(C)C(NC(O)c2ccc(N3CC(N4CC(N5CCN(c6ccc7c(c6)C(=O)N(C6CCC(=O)NC6=O)C7=O)CC5)C4)C3)cc2)C(C)(C)C1Oc1ccc(C#N)c(Cl)c1. The van der Waals surface area contributed by atoms with Crippen molar-refractivity contribution in [2.24, 2.45) is 10.8 Å². The second-order valence-corrected chi connectivity index (χ2v) is 18.8. The lowest BCUT2D eigenvalue weighted by Crippen LogP contribution is -2.74. The van der Waals surface area contributed by atoms with Crippen molar-refractivity contribution >= 4 is 46.6 Å². The fourth-order valence-electron chi connectivity index (χ4n) is 10.7. The number of fused-ring (bicyclic) bond motifs is 1. The lowest BCUT2D eigenvalue weighted by molar-refractivity contribution is -0.179. The molecule has 15 heteroatoms. The highest BCUT2D eigenvalue weighted by molar-refractivity contribution is 6.31. The number of halogens is 1. The first-order valence-electron chi connectivity index (χ1n) is 20.9. The molecule has 6 aliphatic rings. The van der Waals surface area contributed by atoms with Crippen LogP contribution in [-0.2, 0) is 9.59 Å². The summed E-state index contributed by atoms with van der Waals surface area (Å²) in [6.07, 6.45) is -0.740. The van der Waals surface area contributed by atoms with Crippen LogP contribution in [0.25, 0.3) is 0 Å². The summed E-state index contributed by atoms with van der Waals surface area (Å²) in [4.78, 5) is 61.3. The maximum absolute atomic E-state index is 13.3. The molecule has 1 aliphatic carbocycles. The third kappa shape index (κ3) is 6.90. The van der Waals surface area contributed by atoms with Gasteiger partial charge in [0.25, 0.3) is 11.8 Å². The van der Waals surface area contributed by atoms with Gasteiger partial charge in [0.1, 0.15) is 30.2 Å². The van der Waals surface area contributed by atoms with E-state index in [1.807, 2.05) is 18.2 Å². The molecule has 4 saturated heterocycles. The summed E-state index contributed by atoms with van der Waals surface area (Å²) >= 11 is 6.26. The van der Waals surface area contributed by atoms with E-state index < -0.39 is 30.0 Å². The minimum Gasteiger partial charge on any atom is -0.489 e. The van der Waals surface area contributed by atoms with Gasteiger partial charge in [-0.2, -0.15) is 5.26 Å². The number of piperazine rings is 1. The number of imide groups is 2. The number of hydrogen-bond acceptors (Lipinski definition) is 12. The monoisotopic (exact) mass is 834 g/mol. The number of amides is 4. The number of ether oxygens (including phenoxy) is 1. The van der Waals surface area contributed by atoms with Crippen molar-refractivity contribution in [3.05, 3.63) is 87.9 Å². The molecule has 0 spiro atoms. The van der Waals surface area contributed by atoms with Crippen LogP contribution >= 0.6 is 11.6 Å². The summed E-state index contributed by atoms with van der Waals surface area (Å²) in [5.74, 6) is -1.34. The number of benzene rings is 3. The Balaban J connectivity index is 0.715. The minimum absolute atomic E-state index is 0.0229. The van der Waals surface area contributed by atoms with Gasteiger partial charge in [0.05, 0.1) is 21.7 Å². The summed E-state index contributed by atoms with van der Waals surface area (Å²) in [6, 6.07) is 20.8. The molecule has 5 aliphatic heterocycles. The van der Waals surface area contributed by atoms with E-state index in [-0.39, 0.29) is 41.7 Å². The molecule has 3 aromatic carbocycles. The third-order valence-electron chi connectivity index (χ3n) is 13.9. The second kappa shape index (κ2) is 15.1. The molecule has 3 N–H and O–H groups in total. The number of hydrogen-bond donors (Lipinski definition) is 3. The second-order valence-electron chi connectivity index (χ2n) is 18.4. The molecule has 3 aromatic rings. The van der Waals surface area contributed by atoms with Crippen molar-refractivity contribution in [1.82, 2.24) is 25.3 Å². The van der Waals surface area contributed by atoms with Crippen LogP contribution in [-0.4, -0.2) is 126 Å². The summed E-state index contributed by atoms with van der Waals surface area (Å²) < 4.78 is 6.41. The first-order chi connectivity index (χ1) is 28.6. The Bertz CT molecular complexity index is 2260. The van der Waals surface area contributed by atoms with Crippen LogP contribution in [0.15, 0.2) is 60.7 Å². The summed E-state index contributed by atoms with van der Waals surface area (Å²) in [6.45, 7) is 16.0. The van der Waals surface area contributed by atoms with Crippen LogP contribution in [0.2, 0.25) is 5.02 Å². The van der Waals surface area contributed by atoms with E-state index in [9.17, 15) is 29.5 Å². The van der Waals surface area contributed by atoms with Crippen molar-refractivity contribution in [2.45, 2.75) is 77.0 Å². The number of likely N-dealkylation sites (tertiary alicyclic amines) is 1. The van der Waals surface area contributed by atoms with E-state index in [4.69, 9.17) is 16.3 Å². The maximum Gasteiger partial charge on any atom is 0.262 e. The molecule has 2 atom stereocenters. The van der Waals surface area contributed by atoms with Gasteiger partial charge in [-0.05, 0) is 54.4 Å². The fourth-order valence-corrected chi connectivity index (χ4v) is 10.9. The molecule has 2 unspecified atom stereocenters. The van der Waals surface area contributed by atoms with Gasteiger partial charge in [0.15, 0.2) is 0 Å². The van der Waals surface area contributed by atoms with E-state index in [1.54, 1.807) is 30.3 Å². The van der Waals surface area contributed by atoms with Gasteiger partial charge in [0, 0.05) is 105 Å². The number of aliphatic hydroxyl groups is 1. The van der Waals surface area contributed by atoms with Crippen LogP contribution in [0.4, 0.5) is 11.4 Å². The molecule has 9 rings (SSSR count). The Morgan fingerprint density at radius 3 is 2.12 bits per heavy atom. The molecule has 0 aromatic heterocycles. The largest absolute Gasteiger partial charge is 0.489 e. The average Bonchev–Trinajstić information content (AvgIpc) is 3.44. The molecule has 1 saturated carbocycles. The number of anilines is 2. The Hall–Kier alpha value is -5.04. The number of nitrogens with one attached hydrogen (secondary N) is 2. The predicted molar refractivity (Wildman–Crippen MR) is 225 cm³/mol. The van der Waals surface area contributed by atoms with E-state index in [0.29, 0.717) is 39.5 Å². The van der Waals surface area contributed by atoms with E-state index in [2.05, 4.69) is 76.1 Å². The predicted octanol–water partition coefficient (Wildman–Crippen LogP) is 3.77. The zero-order chi connectivity index (χ0) is 42.2. The zero-order valence-electron chi connectivity index (χ0n) is 34.4. The molecule has 314 valence electrons. The van der Waals surface area contributed by atoms with E-state index in [1.165, 1.54) is 0 Å². The molecule has 5 heterocycles. The first kappa shape index (κ1) is 40.4. The standard InChI is InChI=1S/C45H51ClN8O6/c1-44(2)42(45(3,4)43(44)60-32-11-7-27(21-47)35(46)20-32)49-38(56)26-5-8-28(9-6-26)52-24-31(25-52)53-22-30(23-53)51-17-15-50(16-18-51)29-10-12-33-34(19-29)41(59)54(40(33)58)36-13-14-37(55)48-39(36)57/h5-12,19-20,30-31,36,38,42-43,49,56H,13-18,22-25H2,1-4H3,(H,48,55,57). The fraction of sp³-hybridized carbons (Fsp3) is 0.489. The molecule has 60 heavy (non-hydrogen) atoms. The first-order valence-corrected chi connectivity index (χ1v) is 21.3. The van der Waals surface area contributed by atoms with Gasteiger partial charge < -0.3 is 19.6 Å². The summed E-state index contributed by atoms with van der Waals surface area (Å²) in [7, 11) is 0. The van der Waals surface area contributed by atoms with E-state index in [0.717, 1.165) is 74.2 Å². The van der Waals surface area contributed by atoms with Crippen molar-refractivity contribution in [3.63, 3.8) is 0 Å². The van der Waals surface area contributed by atoms with Crippen LogP contribution < -0.4 is 25.2 Å². The molecule has 4 amide bonds. The van der Waals surface area contributed by atoms with Gasteiger partial charge in [-0.3, -0.25) is 44.5 Å². The molecular weight excluding hydrogens is 784 g/mol. The Morgan fingerprint density at radius 1 is 0.817 bits per heavy atom. The number of aliphatic hydroxyl groups excluding tert-OH is 1. The highest BCUT2D eigenvalue weighted by Crippen LogP contribution is 2.56. The highest BCUT2D eigenvalue weighted by atomic mass is 35.5. The maximum atomic E-state index is 13.3. The Kier molecular flexibility index (Phi) is 10.2. The van der Waals surface area contributed by atoms with Gasteiger partial charge in [-0.1, -0.05) is 51.4 Å². The molecule has 0 bridgehead atoms. The van der Waals surface area contributed by atoms with Crippen LogP contribution in [0.1, 0.15) is 78.6 Å². The van der Waals surface area contributed by atoms with Crippen molar-refractivity contribution in [1.29, 1.82) is 5.26 Å². The van der Waals surface area contributed by atoms with Crippen LogP contribution in [0.3, 0.4) is 0 Å². The average molecular weight is 835 g/mol. The van der Waals surface area contributed by atoms with Crippen molar-refractivity contribution in [2.75, 3.05) is 62.2 Å². The number of rotatable bonds is 10. The number of carbonyl (C=O) groups excluding carboxylic acids is 4. The molecule has 0 radical (unpaired) electrons. The van der Waals surface area contributed by atoms with Gasteiger partial charge in [-0.15, -0.1) is 0 Å². The number of nitrogens with zero attached hydrogens (tertiary/aromatic N) is 6. The normalized spacial score (nSPS) is 26.1. The summed E-state index contributed by atoms with van der Waals surface area (Å²) in [5, 5.41) is 26.6. The van der Waals surface area contributed by atoms with Crippen molar-refractivity contribution in [3.8, 4) is 11.8 Å². The highest BCUT2D eigenvalue weighted by Gasteiger charge is 2.64. The summed E-state index contributed by atoms with van der Waals surface area (Å²) in [5.41, 5.74) is 3.30. The molecule has 5 fully saturated rings. The number of nitriles is 1. The van der Waals surface area contributed by atoms with E-state index >= 15 is 0 Å². The van der Waals surface area contributed by atoms with Gasteiger partial charge in [0.2, 0.25) is 11.8 Å². The molecular formula is C45H51ClN8O6. The number of carbonyl (C=O) groups is 4. The van der Waals surface area contributed by atoms with Crippen LogP contribution in [0, 0.1) is 22.2 Å². The van der Waals surface area contributed by atoms with Crippen molar-refractivity contribution < 1.29 is 29.0 Å². The minimum atomic E-state index is -0.970. The van der Waals surface area contributed by atoms with Gasteiger partial charge >= 0.3 is 0 Å². The lowest BCUT2D eigenvalue weighted by Gasteiger charge is -2.63. The Labute approximate surface area is 355 Å². The third-order valence-corrected chi connectivity index (χ3v) is 14.3. The molecule has 14 nitrogen and oxygen atoms in total. The topological polar surface area (TPSA) is 162 Å². The zero-order valence-corrected chi connectivity index (χ0v) is 35.1. The number of piperidine rings is 1. The van der Waals surface area contributed by atoms with Gasteiger partial charge in [-0.25, -0.2) is 0 Å². The Morgan fingerprint density at radius 2 is 1.47 bits per heavy atom. The smallest absolute Gasteiger partial charge is 0.262 e.